The van der Waals surface area contributed by atoms with E-state index in [0.29, 0.717) is 40.0 Å². The summed E-state index contributed by atoms with van der Waals surface area (Å²) >= 11 is 0. The van der Waals surface area contributed by atoms with E-state index in [1.807, 2.05) is 0 Å². The number of hydrogen-bond acceptors (Lipinski definition) is 9. The Bertz CT molecular complexity index is 1240. The van der Waals surface area contributed by atoms with Crippen molar-refractivity contribution in [3.05, 3.63) is 72.0 Å². The van der Waals surface area contributed by atoms with Crippen LogP contribution in [-0.4, -0.2) is 35.7 Å². The molecule has 4 rings (SSSR count). The number of carbonyl (C=O) groups excluding carboxylic acids is 2. The molecule has 0 fully saturated rings. The standard InChI is InChI=1S/C23H19N3O7/c1-29-23(28)15-4-8-16(9-5-15)30-12-18-10-11-19(32-18)22-25-21(26-33-22)14-2-6-17(7-3-14)31-13-20(24)27/h2-11H,12-13H2,1H3,(H2,24,27). The molecule has 168 valence electrons. The molecule has 4 aromatic rings. The Balaban J connectivity index is 1.37. The van der Waals surface area contributed by atoms with Gasteiger partial charge in [-0.25, -0.2) is 4.79 Å². The van der Waals surface area contributed by atoms with Crippen LogP contribution in [0.4, 0.5) is 0 Å². The molecule has 2 N–H and O–H groups in total. The predicted molar refractivity (Wildman–Crippen MR) is 114 cm³/mol. The number of nitrogens with zero attached hydrogens (tertiary/aromatic N) is 2. The van der Waals surface area contributed by atoms with Gasteiger partial charge in [-0.2, -0.15) is 4.98 Å². The van der Waals surface area contributed by atoms with Gasteiger partial charge in [-0.05, 0) is 60.7 Å². The van der Waals surface area contributed by atoms with Crippen molar-refractivity contribution in [1.82, 2.24) is 10.1 Å². The van der Waals surface area contributed by atoms with E-state index in [1.165, 1.54) is 7.11 Å². The number of benzene rings is 2. The molecule has 10 nitrogen and oxygen atoms in total. The number of furan rings is 1. The molecule has 2 aromatic heterocycles. The zero-order valence-corrected chi connectivity index (χ0v) is 17.5. The van der Waals surface area contributed by atoms with Crippen LogP contribution in [-0.2, 0) is 16.1 Å². The minimum atomic E-state index is -0.554. The highest BCUT2D eigenvalue weighted by molar-refractivity contribution is 5.89. The zero-order chi connectivity index (χ0) is 23.2. The lowest BCUT2D eigenvalue weighted by Crippen LogP contribution is -2.19. The van der Waals surface area contributed by atoms with Crippen LogP contribution < -0.4 is 15.2 Å². The molecule has 33 heavy (non-hydrogen) atoms. The van der Waals surface area contributed by atoms with Gasteiger partial charge in [-0.15, -0.1) is 0 Å². The van der Waals surface area contributed by atoms with Crippen LogP contribution in [0.15, 0.2) is 69.6 Å². The van der Waals surface area contributed by atoms with Crippen molar-refractivity contribution < 1.29 is 32.7 Å². The van der Waals surface area contributed by atoms with E-state index in [4.69, 9.17) is 24.1 Å². The Hall–Kier alpha value is -4.60. The summed E-state index contributed by atoms with van der Waals surface area (Å²) in [5.41, 5.74) is 6.19. The highest BCUT2D eigenvalue weighted by Gasteiger charge is 2.15. The van der Waals surface area contributed by atoms with Gasteiger partial charge >= 0.3 is 5.97 Å². The molecule has 1 amide bonds. The van der Waals surface area contributed by atoms with Crippen LogP contribution in [0.5, 0.6) is 11.5 Å². The van der Waals surface area contributed by atoms with Crippen molar-refractivity contribution in [1.29, 1.82) is 0 Å². The van der Waals surface area contributed by atoms with Crippen molar-refractivity contribution in [3.63, 3.8) is 0 Å². The van der Waals surface area contributed by atoms with Crippen LogP contribution >= 0.6 is 0 Å². The molecule has 0 saturated carbocycles. The summed E-state index contributed by atoms with van der Waals surface area (Å²) in [7, 11) is 1.33. The third-order valence-electron chi connectivity index (χ3n) is 4.45. The summed E-state index contributed by atoms with van der Waals surface area (Å²) in [5.74, 6) is 1.64. The summed E-state index contributed by atoms with van der Waals surface area (Å²) in [6, 6.07) is 16.8. The van der Waals surface area contributed by atoms with E-state index in [9.17, 15) is 9.59 Å². The predicted octanol–water partition coefficient (Wildman–Crippen LogP) is 3.23. The molecule has 0 atom stereocenters. The second-order valence-corrected chi connectivity index (χ2v) is 6.77. The van der Waals surface area contributed by atoms with Crippen LogP contribution in [0.3, 0.4) is 0 Å². The molecule has 2 aromatic carbocycles. The molecule has 0 aliphatic rings. The van der Waals surface area contributed by atoms with Crippen molar-refractivity contribution in [3.8, 4) is 34.5 Å². The van der Waals surface area contributed by atoms with Gasteiger partial charge in [0.2, 0.25) is 5.82 Å². The van der Waals surface area contributed by atoms with Gasteiger partial charge in [0, 0.05) is 5.56 Å². The van der Waals surface area contributed by atoms with Crippen molar-refractivity contribution in [2.45, 2.75) is 6.61 Å². The molecule has 0 radical (unpaired) electrons. The maximum absolute atomic E-state index is 11.5. The lowest BCUT2D eigenvalue weighted by Gasteiger charge is -2.05. The average Bonchev–Trinajstić information content (AvgIpc) is 3.51. The second-order valence-electron chi connectivity index (χ2n) is 6.77. The molecule has 10 heteroatoms. The first kappa shape index (κ1) is 21.6. The smallest absolute Gasteiger partial charge is 0.337 e. The zero-order valence-electron chi connectivity index (χ0n) is 17.5. The molecule has 0 spiro atoms. The summed E-state index contributed by atoms with van der Waals surface area (Å²) in [6.07, 6.45) is 0. The van der Waals surface area contributed by atoms with Gasteiger partial charge in [0.1, 0.15) is 23.9 Å². The van der Waals surface area contributed by atoms with Gasteiger partial charge in [0.15, 0.2) is 12.4 Å². The van der Waals surface area contributed by atoms with Crippen LogP contribution in [0.1, 0.15) is 16.1 Å². The Morgan fingerprint density at radius 2 is 1.64 bits per heavy atom. The quantitative estimate of drug-likeness (QED) is 0.381. The SMILES string of the molecule is COC(=O)c1ccc(OCc2ccc(-c3nc(-c4ccc(OCC(N)=O)cc4)no3)o2)cc1. The molecular formula is C23H19N3O7. The number of ether oxygens (including phenoxy) is 3. The van der Waals surface area contributed by atoms with E-state index >= 15 is 0 Å². The summed E-state index contributed by atoms with van der Waals surface area (Å²) in [6.45, 7) is -0.0274. The minimum absolute atomic E-state index is 0.172. The maximum Gasteiger partial charge on any atom is 0.337 e. The topological polar surface area (TPSA) is 140 Å². The Morgan fingerprint density at radius 3 is 2.33 bits per heavy atom. The van der Waals surface area contributed by atoms with E-state index in [-0.39, 0.29) is 19.1 Å². The summed E-state index contributed by atoms with van der Waals surface area (Å²) in [5, 5.41) is 3.97. The monoisotopic (exact) mass is 449 g/mol. The number of rotatable bonds is 9. The number of hydrogen-bond donors (Lipinski definition) is 1. The highest BCUT2D eigenvalue weighted by atomic mass is 16.5. The average molecular weight is 449 g/mol. The van der Waals surface area contributed by atoms with Crippen molar-refractivity contribution >= 4 is 11.9 Å². The van der Waals surface area contributed by atoms with Crippen LogP contribution in [0.25, 0.3) is 23.0 Å². The minimum Gasteiger partial charge on any atom is -0.486 e. The lowest BCUT2D eigenvalue weighted by atomic mass is 10.2. The first-order valence-corrected chi connectivity index (χ1v) is 9.77. The second kappa shape index (κ2) is 9.69. The van der Waals surface area contributed by atoms with E-state index in [1.54, 1.807) is 60.7 Å². The highest BCUT2D eigenvalue weighted by Crippen LogP contribution is 2.26. The first-order chi connectivity index (χ1) is 16.0. The molecule has 0 saturated heterocycles. The fraction of sp³-hybridized carbons (Fsp3) is 0.130. The maximum atomic E-state index is 11.5. The molecular weight excluding hydrogens is 430 g/mol. The number of nitrogens with two attached hydrogens (primary N) is 1. The largest absolute Gasteiger partial charge is 0.486 e. The van der Waals surface area contributed by atoms with Gasteiger partial charge in [-0.3, -0.25) is 4.79 Å². The van der Waals surface area contributed by atoms with Crippen molar-refractivity contribution in [2.75, 3.05) is 13.7 Å². The van der Waals surface area contributed by atoms with E-state index in [2.05, 4.69) is 14.9 Å². The van der Waals surface area contributed by atoms with Gasteiger partial charge < -0.3 is 28.9 Å². The number of amides is 1. The fourth-order valence-electron chi connectivity index (χ4n) is 2.83. The number of methoxy groups -OCH3 is 1. The Labute approximate surface area is 187 Å². The van der Waals surface area contributed by atoms with Gasteiger partial charge in [0.25, 0.3) is 11.8 Å². The Kier molecular flexibility index (Phi) is 6.35. The number of aromatic nitrogens is 2. The summed E-state index contributed by atoms with van der Waals surface area (Å²) in [4.78, 5) is 26.6. The number of esters is 1. The first-order valence-electron chi connectivity index (χ1n) is 9.77. The summed E-state index contributed by atoms with van der Waals surface area (Å²) < 4.78 is 26.6. The van der Waals surface area contributed by atoms with Gasteiger partial charge in [0.05, 0.1) is 12.7 Å². The van der Waals surface area contributed by atoms with Gasteiger partial charge in [-0.1, -0.05) is 5.16 Å². The third-order valence-corrected chi connectivity index (χ3v) is 4.45. The van der Waals surface area contributed by atoms with Crippen molar-refractivity contribution in [2.24, 2.45) is 5.73 Å². The number of carbonyl (C=O) groups is 2. The third kappa shape index (κ3) is 5.37. The number of primary amides is 1. The normalized spacial score (nSPS) is 10.6. The van der Waals surface area contributed by atoms with E-state index < -0.39 is 11.9 Å². The molecule has 0 unspecified atom stereocenters. The van der Waals surface area contributed by atoms with E-state index in [0.717, 1.165) is 0 Å². The Morgan fingerprint density at radius 1 is 0.939 bits per heavy atom. The molecule has 0 bridgehead atoms. The molecule has 0 aliphatic heterocycles. The fourth-order valence-corrected chi connectivity index (χ4v) is 2.83. The lowest BCUT2D eigenvalue weighted by molar-refractivity contribution is -0.119. The molecule has 0 aliphatic carbocycles. The van der Waals surface area contributed by atoms with Crippen LogP contribution in [0, 0.1) is 0 Å². The van der Waals surface area contributed by atoms with Crippen LogP contribution in [0.2, 0.25) is 0 Å². The molecule has 2 heterocycles.